The zero-order valence-corrected chi connectivity index (χ0v) is 11.4. The Balaban J connectivity index is 2.00. The van der Waals surface area contributed by atoms with Crippen LogP contribution in [0.4, 0.5) is 0 Å². The fourth-order valence-corrected chi connectivity index (χ4v) is 2.26. The summed E-state index contributed by atoms with van der Waals surface area (Å²) in [4.78, 5) is 12.1. The largest absolute Gasteiger partial charge is 0.290 e. The van der Waals surface area contributed by atoms with Crippen LogP contribution in [0.1, 0.15) is 38.2 Å². The van der Waals surface area contributed by atoms with Gasteiger partial charge in [-0.15, -0.1) is 0 Å². The van der Waals surface area contributed by atoms with Crippen molar-refractivity contribution >= 4 is 11.9 Å². The number of benzene rings is 1. The van der Waals surface area contributed by atoms with Crippen LogP contribution >= 0.6 is 0 Å². The Hall–Kier alpha value is -1.89. The molecule has 1 aromatic rings. The molecule has 1 aliphatic rings. The number of ketones is 1. The van der Waals surface area contributed by atoms with Crippen molar-refractivity contribution in [2.45, 2.75) is 32.6 Å². The summed E-state index contributed by atoms with van der Waals surface area (Å²) < 4.78 is 0. The molecule has 0 radical (unpaired) electrons. The third-order valence-electron chi connectivity index (χ3n) is 3.35. The van der Waals surface area contributed by atoms with Gasteiger partial charge in [-0.1, -0.05) is 67.5 Å². The van der Waals surface area contributed by atoms with E-state index in [-0.39, 0.29) is 5.78 Å². The molecule has 0 unspecified atom stereocenters. The lowest BCUT2D eigenvalue weighted by Crippen LogP contribution is -2.02. The van der Waals surface area contributed by atoms with E-state index in [1.165, 1.54) is 12.0 Å². The second-order valence-electron chi connectivity index (χ2n) is 4.88. The highest BCUT2D eigenvalue weighted by Gasteiger charge is 2.10. The molecule has 0 bridgehead atoms. The van der Waals surface area contributed by atoms with Crippen LogP contribution in [0, 0.1) is 0 Å². The first-order chi connectivity index (χ1) is 9.29. The van der Waals surface area contributed by atoms with Gasteiger partial charge in [-0.2, -0.15) is 0 Å². The first-order valence-corrected chi connectivity index (χ1v) is 6.95. The smallest absolute Gasteiger partial charge is 0.181 e. The van der Waals surface area contributed by atoms with Crippen LogP contribution in [-0.4, -0.2) is 5.78 Å². The van der Waals surface area contributed by atoms with Gasteiger partial charge in [-0.3, -0.25) is 4.79 Å². The van der Waals surface area contributed by atoms with E-state index in [9.17, 15) is 4.79 Å². The molecule has 0 saturated carbocycles. The number of hydrogen-bond acceptors (Lipinski definition) is 1. The Morgan fingerprint density at radius 2 is 1.95 bits per heavy atom. The minimum absolute atomic E-state index is 0.135. The van der Waals surface area contributed by atoms with Crippen LogP contribution in [0.15, 0.2) is 59.7 Å². The van der Waals surface area contributed by atoms with E-state index < -0.39 is 0 Å². The van der Waals surface area contributed by atoms with Crippen molar-refractivity contribution in [1.29, 1.82) is 0 Å². The SMILES string of the molecule is CCCC1=CC=C(C(=O)/C=C/c2ccccc2)CC1. The van der Waals surface area contributed by atoms with Gasteiger partial charge in [0.05, 0.1) is 0 Å². The lowest BCUT2D eigenvalue weighted by Gasteiger charge is -2.12. The molecule has 0 amide bonds. The van der Waals surface area contributed by atoms with Crippen LogP contribution in [0.3, 0.4) is 0 Å². The first-order valence-electron chi connectivity index (χ1n) is 6.95. The molecule has 19 heavy (non-hydrogen) atoms. The predicted molar refractivity (Wildman–Crippen MR) is 80.8 cm³/mol. The van der Waals surface area contributed by atoms with Crippen molar-refractivity contribution in [3.8, 4) is 0 Å². The molecule has 0 heterocycles. The lowest BCUT2D eigenvalue weighted by molar-refractivity contribution is -0.111. The van der Waals surface area contributed by atoms with Crippen LogP contribution in [0.5, 0.6) is 0 Å². The third kappa shape index (κ3) is 4.06. The molecular formula is C18H20O. The van der Waals surface area contributed by atoms with Crippen molar-refractivity contribution in [3.63, 3.8) is 0 Å². The molecular weight excluding hydrogens is 232 g/mol. The van der Waals surface area contributed by atoms with E-state index in [1.54, 1.807) is 6.08 Å². The van der Waals surface area contributed by atoms with Crippen molar-refractivity contribution < 1.29 is 4.79 Å². The quantitative estimate of drug-likeness (QED) is 0.693. The van der Waals surface area contributed by atoms with E-state index in [0.717, 1.165) is 30.4 Å². The van der Waals surface area contributed by atoms with E-state index in [2.05, 4.69) is 13.0 Å². The van der Waals surface area contributed by atoms with Crippen LogP contribution in [-0.2, 0) is 4.79 Å². The highest BCUT2D eigenvalue weighted by Crippen LogP contribution is 2.22. The van der Waals surface area contributed by atoms with Gasteiger partial charge in [-0.05, 0) is 36.5 Å². The third-order valence-corrected chi connectivity index (χ3v) is 3.35. The van der Waals surface area contributed by atoms with Crippen molar-refractivity contribution in [3.05, 3.63) is 65.3 Å². The van der Waals surface area contributed by atoms with Crippen LogP contribution in [0.2, 0.25) is 0 Å². The normalized spacial score (nSPS) is 15.2. The van der Waals surface area contributed by atoms with E-state index in [0.29, 0.717) is 0 Å². The molecule has 98 valence electrons. The van der Waals surface area contributed by atoms with Crippen molar-refractivity contribution in [1.82, 2.24) is 0 Å². The van der Waals surface area contributed by atoms with Gasteiger partial charge in [0.1, 0.15) is 0 Å². The molecule has 1 aliphatic carbocycles. The predicted octanol–water partition coefficient (Wildman–Crippen LogP) is 4.72. The van der Waals surface area contributed by atoms with E-state index >= 15 is 0 Å². The highest BCUT2D eigenvalue weighted by atomic mass is 16.1. The number of allylic oxidation sites excluding steroid dienone is 5. The summed E-state index contributed by atoms with van der Waals surface area (Å²) in [7, 11) is 0. The summed E-state index contributed by atoms with van der Waals surface area (Å²) in [5, 5.41) is 0. The average molecular weight is 252 g/mol. The number of carbonyl (C=O) groups is 1. The minimum atomic E-state index is 0.135. The maximum absolute atomic E-state index is 12.1. The molecule has 2 rings (SSSR count). The molecule has 0 saturated heterocycles. The monoisotopic (exact) mass is 252 g/mol. The number of rotatable bonds is 5. The summed E-state index contributed by atoms with van der Waals surface area (Å²) in [6.07, 6.45) is 11.9. The Labute approximate surface area is 115 Å². The van der Waals surface area contributed by atoms with Crippen molar-refractivity contribution in [2.75, 3.05) is 0 Å². The zero-order valence-electron chi connectivity index (χ0n) is 11.4. The molecule has 1 nitrogen and oxygen atoms in total. The zero-order chi connectivity index (χ0) is 13.5. The van der Waals surface area contributed by atoms with Gasteiger partial charge < -0.3 is 0 Å². The molecule has 0 atom stereocenters. The van der Waals surface area contributed by atoms with Gasteiger partial charge >= 0.3 is 0 Å². The molecule has 0 N–H and O–H groups in total. The highest BCUT2D eigenvalue weighted by molar-refractivity contribution is 6.06. The second-order valence-corrected chi connectivity index (χ2v) is 4.88. The Morgan fingerprint density at radius 1 is 1.16 bits per heavy atom. The van der Waals surface area contributed by atoms with Gasteiger partial charge in [0.2, 0.25) is 0 Å². The molecule has 1 aromatic carbocycles. The summed E-state index contributed by atoms with van der Waals surface area (Å²) in [5.41, 5.74) is 3.45. The van der Waals surface area contributed by atoms with E-state index in [1.807, 2.05) is 42.5 Å². The first kappa shape index (κ1) is 13.5. The minimum Gasteiger partial charge on any atom is -0.290 e. The standard InChI is InChI=1S/C18H20O/c1-2-6-15-9-12-17(13-10-15)18(19)14-11-16-7-4-3-5-8-16/h3-5,7-9,11-12,14H,2,6,10,13H2,1H3/b14-11+. The molecule has 1 heteroatoms. The summed E-state index contributed by atoms with van der Waals surface area (Å²) in [6.45, 7) is 2.19. The molecule has 0 aliphatic heterocycles. The summed E-state index contributed by atoms with van der Waals surface area (Å²) in [5.74, 6) is 0.135. The van der Waals surface area contributed by atoms with Crippen LogP contribution in [0.25, 0.3) is 6.08 Å². The van der Waals surface area contributed by atoms with Crippen LogP contribution < -0.4 is 0 Å². The van der Waals surface area contributed by atoms with Crippen molar-refractivity contribution in [2.24, 2.45) is 0 Å². The van der Waals surface area contributed by atoms with Gasteiger partial charge in [0.15, 0.2) is 5.78 Å². The Morgan fingerprint density at radius 3 is 2.58 bits per heavy atom. The molecule has 0 aromatic heterocycles. The maximum Gasteiger partial charge on any atom is 0.181 e. The van der Waals surface area contributed by atoms with E-state index in [4.69, 9.17) is 0 Å². The molecule has 0 fully saturated rings. The fraction of sp³-hybridized carbons (Fsp3) is 0.278. The lowest BCUT2D eigenvalue weighted by atomic mass is 9.93. The Bertz CT molecular complexity index is 518. The Kier molecular flexibility index (Phi) is 4.91. The second kappa shape index (κ2) is 6.89. The van der Waals surface area contributed by atoms with Gasteiger partial charge in [0, 0.05) is 0 Å². The fourth-order valence-electron chi connectivity index (χ4n) is 2.26. The number of hydrogen-bond donors (Lipinski definition) is 0. The maximum atomic E-state index is 12.1. The molecule has 0 spiro atoms. The summed E-state index contributed by atoms with van der Waals surface area (Å²) in [6, 6.07) is 9.92. The van der Waals surface area contributed by atoms with Gasteiger partial charge in [0.25, 0.3) is 0 Å². The van der Waals surface area contributed by atoms with Gasteiger partial charge in [-0.25, -0.2) is 0 Å². The summed E-state index contributed by atoms with van der Waals surface area (Å²) >= 11 is 0. The number of carbonyl (C=O) groups excluding carboxylic acids is 1. The average Bonchev–Trinajstić information content (AvgIpc) is 2.47. The topological polar surface area (TPSA) is 17.1 Å².